The molecule has 1 N–H and O–H groups in total. The lowest BCUT2D eigenvalue weighted by Crippen LogP contribution is -2.00. The summed E-state index contributed by atoms with van der Waals surface area (Å²) in [6.07, 6.45) is 1.60. The van der Waals surface area contributed by atoms with Crippen LogP contribution in [0.25, 0.3) is 0 Å². The van der Waals surface area contributed by atoms with Crippen molar-refractivity contribution in [2.75, 3.05) is 0 Å². The van der Waals surface area contributed by atoms with Crippen molar-refractivity contribution in [1.29, 1.82) is 0 Å². The number of carbonyl (C=O) groups is 1. The standard InChI is InChI=1S/C12H7Cl2NO2S/c13-7-3-1-5-9(10(7)12(16)17)18-11-8(14)4-2-6-15-11/h1-6H,(H,16,17). The Hall–Kier alpha value is -1.23. The van der Waals surface area contributed by atoms with E-state index in [0.29, 0.717) is 14.9 Å². The van der Waals surface area contributed by atoms with Crippen molar-refractivity contribution in [2.24, 2.45) is 0 Å². The molecule has 3 nitrogen and oxygen atoms in total. The van der Waals surface area contributed by atoms with Crippen LogP contribution in [0.15, 0.2) is 46.5 Å². The molecule has 18 heavy (non-hydrogen) atoms. The zero-order valence-electron chi connectivity index (χ0n) is 8.93. The molecule has 1 aromatic heterocycles. The summed E-state index contributed by atoms with van der Waals surface area (Å²) in [5.74, 6) is -1.07. The van der Waals surface area contributed by atoms with Gasteiger partial charge in [-0.1, -0.05) is 41.0 Å². The van der Waals surface area contributed by atoms with Crippen LogP contribution in [0, 0.1) is 0 Å². The molecule has 0 radical (unpaired) electrons. The number of nitrogens with zero attached hydrogens (tertiary/aromatic N) is 1. The molecule has 6 heteroatoms. The maximum absolute atomic E-state index is 11.2. The third-order valence-corrected chi connectivity index (χ3v) is 3.93. The largest absolute Gasteiger partial charge is 0.478 e. The quantitative estimate of drug-likeness (QED) is 0.921. The second-order valence-electron chi connectivity index (χ2n) is 3.31. The first-order valence-electron chi connectivity index (χ1n) is 4.90. The van der Waals surface area contributed by atoms with Crippen LogP contribution in [0.5, 0.6) is 0 Å². The second kappa shape index (κ2) is 5.61. The van der Waals surface area contributed by atoms with Gasteiger partial charge in [0, 0.05) is 11.1 Å². The van der Waals surface area contributed by atoms with Gasteiger partial charge in [0.1, 0.15) is 5.03 Å². The highest BCUT2D eigenvalue weighted by Crippen LogP contribution is 2.35. The van der Waals surface area contributed by atoms with Gasteiger partial charge in [-0.2, -0.15) is 0 Å². The maximum Gasteiger partial charge on any atom is 0.338 e. The van der Waals surface area contributed by atoms with E-state index >= 15 is 0 Å². The summed E-state index contributed by atoms with van der Waals surface area (Å²) in [7, 11) is 0. The van der Waals surface area contributed by atoms with Gasteiger partial charge in [0.25, 0.3) is 0 Å². The van der Waals surface area contributed by atoms with Crippen LogP contribution < -0.4 is 0 Å². The predicted molar refractivity (Wildman–Crippen MR) is 71.8 cm³/mol. The summed E-state index contributed by atoms with van der Waals surface area (Å²) in [5, 5.41) is 10.4. The molecule has 0 amide bonds. The third-order valence-electron chi connectivity index (χ3n) is 2.12. The summed E-state index contributed by atoms with van der Waals surface area (Å²) >= 11 is 13.0. The molecule has 0 bridgehead atoms. The van der Waals surface area contributed by atoms with E-state index in [4.69, 9.17) is 28.3 Å². The van der Waals surface area contributed by atoms with Crippen LogP contribution in [-0.2, 0) is 0 Å². The zero-order chi connectivity index (χ0) is 13.1. The average Bonchev–Trinajstić information content (AvgIpc) is 2.31. The lowest BCUT2D eigenvalue weighted by molar-refractivity contribution is 0.0693. The van der Waals surface area contributed by atoms with E-state index in [1.165, 1.54) is 17.8 Å². The number of aromatic nitrogens is 1. The van der Waals surface area contributed by atoms with E-state index in [9.17, 15) is 4.79 Å². The number of carboxylic acids is 1. The van der Waals surface area contributed by atoms with Gasteiger partial charge in [0.15, 0.2) is 0 Å². The van der Waals surface area contributed by atoms with Gasteiger partial charge in [-0.15, -0.1) is 0 Å². The molecule has 0 saturated heterocycles. The Labute approximate surface area is 118 Å². The van der Waals surface area contributed by atoms with Crippen LogP contribution in [0.2, 0.25) is 10.0 Å². The van der Waals surface area contributed by atoms with Crippen LogP contribution >= 0.6 is 35.0 Å². The van der Waals surface area contributed by atoms with Crippen LogP contribution in [0.3, 0.4) is 0 Å². The summed E-state index contributed by atoms with van der Waals surface area (Å²) in [5.41, 5.74) is 0.0610. The second-order valence-corrected chi connectivity index (χ2v) is 5.16. The molecule has 0 aliphatic carbocycles. The van der Waals surface area contributed by atoms with Gasteiger partial charge in [-0.25, -0.2) is 9.78 Å². The van der Waals surface area contributed by atoms with Crippen LogP contribution in [-0.4, -0.2) is 16.1 Å². The summed E-state index contributed by atoms with van der Waals surface area (Å²) in [6, 6.07) is 8.30. The molecule has 1 aromatic carbocycles. The highest BCUT2D eigenvalue weighted by Gasteiger charge is 2.16. The fourth-order valence-electron chi connectivity index (χ4n) is 1.35. The molecule has 2 rings (SSSR count). The van der Waals surface area contributed by atoms with E-state index in [-0.39, 0.29) is 10.6 Å². The Kier molecular flexibility index (Phi) is 4.11. The monoisotopic (exact) mass is 299 g/mol. The van der Waals surface area contributed by atoms with Crippen molar-refractivity contribution < 1.29 is 9.90 Å². The predicted octanol–water partition coefficient (Wildman–Crippen LogP) is 4.24. The fraction of sp³-hybridized carbons (Fsp3) is 0. The summed E-state index contributed by atoms with van der Waals surface area (Å²) in [4.78, 5) is 15.8. The van der Waals surface area contributed by atoms with Gasteiger partial charge < -0.3 is 5.11 Å². The van der Waals surface area contributed by atoms with E-state index < -0.39 is 5.97 Å². The minimum absolute atomic E-state index is 0.0610. The molecule has 92 valence electrons. The minimum Gasteiger partial charge on any atom is -0.478 e. The van der Waals surface area contributed by atoms with E-state index in [2.05, 4.69) is 4.98 Å². The number of hydrogen-bond acceptors (Lipinski definition) is 3. The summed E-state index contributed by atoms with van der Waals surface area (Å²) in [6.45, 7) is 0. The van der Waals surface area contributed by atoms with E-state index in [1.807, 2.05) is 0 Å². The number of benzene rings is 1. The average molecular weight is 300 g/mol. The number of hydrogen-bond donors (Lipinski definition) is 1. The fourth-order valence-corrected chi connectivity index (χ4v) is 2.83. The zero-order valence-corrected chi connectivity index (χ0v) is 11.3. The molecule has 0 unspecified atom stereocenters. The number of pyridine rings is 1. The van der Waals surface area contributed by atoms with Gasteiger partial charge >= 0.3 is 5.97 Å². The molecule has 0 spiro atoms. The van der Waals surface area contributed by atoms with Gasteiger partial charge in [-0.05, 0) is 24.3 Å². The minimum atomic E-state index is -1.07. The third kappa shape index (κ3) is 2.77. The maximum atomic E-state index is 11.2. The number of rotatable bonds is 3. The van der Waals surface area contributed by atoms with Crippen molar-refractivity contribution in [3.05, 3.63) is 52.1 Å². The highest BCUT2D eigenvalue weighted by atomic mass is 35.5. The first-order chi connectivity index (χ1) is 8.59. The Morgan fingerprint density at radius 2 is 1.89 bits per heavy atom. The Morgan fingerprint density at radius 3 is 2.56 bits per heavy atom. The molecular formula is C12H7Cl2NO2S. The Morgan fingerprint density at radius 1 is 1.17 bits per heavy atom. The van der Waals surface area contributed by atoms with Crippen molar-refractivity contribution in [2.45, 2.75) is 9.92 Å². The molecule has 0 atom stereocenters. The number of halogens is 2. The molecule has 0 fully saturated rings. The Balaban J connectivity index is 2.44. The van der Waals surface area contributed by atoms with Gasteiger partial charge in [0.2, 0.25) is 0 Å². The first kappa shape index (κ1) is 13.2. The van der Waals surface area contributed by atoms with Crippen LogP contribution in [0.1, 0.15) is 10.4 Å². The molecule has 1 heterocycles. The number of carboxylic acid groups (broad SMARTS) is 1. The molecular weight excluding hydrogens is 293 g/mol. The lowest BCUT2D eigenvalue weighted by atomic mass is 10.2. The normalized spacial score (nSPS) is 10.3. The first-order valence-corrected chi connectivity index (χ1v) is 6.47. The van der Waals surface area contributed by atoms with Crippen molar-refractivity contribution in [3.8, 4) is 0 Å². The Bertz CT molecular complexity index is 604. The topological polar surface area (TPSA) is 50.2 Å². The SMILES string of the molecule is O=C(O)c1c(Cl)cccc1Sc1ncccc1Cl. The van der Waals surface area contributed by atoms with Crippen molar-refractivity contribution in [3.63, 3.8) is 0 Å². The molecule has 0 aliphatic heterocycles. The molecule has 0 aliphatic rings. The van der Waals surface area contributed by atoms with Crippen LogP contribution in [0.4, 0.5) is 0 Å². The van der Waals surface area contributed by atoms with E-state index in [0.717, 1.165) is 0 Å². The smallest absolute Gasteiger partial charge is 0.338 e. The van der Waals surface area contributed by atoms with Crippen molar-refractivity contribution >= 4 is 40.9 Å². The highest BCUT2D eigenvalue weighted by molar-refractivity contribution is 7.99. The van der Waals surface area contributed by atoms with Gasteiger partial charge in [-0.3, -0.25) is 0 Å². The molecule has 0 saturated carbocycles. The van der Waals surface area contributed by atoms with E-state index in [1.54, 1.807) is 30.5 Å². The molecule has 2 aromatic rings. The number of aromatic carboxylic acids is 1. The summed E-state index contributed by atoms with van der Waals surface area (Å²) < 4.78 is 0. The van der Waals surface area contributed by atoms with Gasteiger partial charge in [0.05, 0.1) is 15.6 Å². The lowest BCUT2D eigenvalue weighted by Gasteiger charge is -2.07. The van der Waals surface area contributed by atoms with Crippen molar-refractivity contribution in [1.82, 2.24) is 4.98 Å².